The summed E-state index contributed by atoms with van der Waals surface area (Å²) in [5.74, 6) is 0.408. The second kappa shape index (κ2) is 8.72. The molecule has 1 rings (SSSR count). The summed E-state index contributed by atoms with van der Waals surface area (Å²) in [6, 6.07) is 7.94. The Hall–Kier alpha value is -1.39. The molecule has 0 aliphatic rings. The smallest absolute Gasteiger partial charge is 0.238 e. The third-order valence-corrected chi connectivity index (χ3v) is 3.16. The summed E-state index contributed by atoms with van der Waals surface area (Å²) >= 11 is 0. The molecule has 1 aromatic carbocycles. The Kier molecular flexibility index (Phi) is 7.26. The van der Waals surface area contributed by atoms with Crippen molar-refractivity contribution in [2.75, 3.05) is 31.6 Å². The van der Waals surface area contributed by atoms with Crippen LogP contribution in [0.25, 0.3) is 0 Å². The number of carbonyl (C=O) groups is 1. The zero-order chi connectivity index (χ0) is 15.0. The van der Waals surface area contributed by atoms with Crippen molar-refractivity contribution in [1.29, 1.82) is 0 Å². The molecule has 0 bridgehead atoms. The number of nitrogens with one attached hydrogen (secondary N) is 1. The summed E-state index contributed by atoms with van der Waals surface area (Å²) in [5, 5.41) is 11.9. The fourth-order valence-corrected chi connectivity index (χ4v) is 2.11. The highest BCUT2D eigenvalue weighted by molar-refractivity contribution is 5.92. The molecule has 0 radical (unpaired) electrons. The number of aliphatic hydroxyl groups is 1. The molecule has 0 unspecified atom stereocenters. The minimum Gasteiger partial charge on any atom is -0.395 e. The highest BCUT2D eigenvalue weighted by Gasteiger charge is 2.10. The van der Waals surface area contributed by atoms with E-state index in [2.05, 4.69) is 32.2 Å². The van der Waals surface area contributed by atoms with Gasteiger partial charge in [-0.05, 0) is 36.6 Å². The van der Waals surface area contributed by atoms with Crippen LogP contribution in [0.3, 0.4) is 0 Å². The summed E-state index contributed by atoms with van der Waals surface area (Å²) in [4.78, 5) is 14.0. The van der Waals surface area contributed by atoms with E-state index in [4.69, 9.17) is 5.11 Å². The van der Waals surface area contributed by atoms with Crippen LogP contribution in [0.5, 0.6) is 0 Å². The number of nitrogens with zero attached hydrogens (tertiary/aromatic N) is 1. The minimum atomic E-state index is -0.0344. The van der Waals surface area contributed by atoms with Crippen LogP contribution in [0.4, 0.5) is 5.69 Å². The molecule has 0 saturated carbocycles. The lowest BCUT2D eigenvalue weighted by molar-refractivity contribution is -0.117. The second-order valence-corrected chi connectivity index (χ2v) is 5.33. The number of hydrogen-bond acceptors (Lipinski definition) is 3. The number of carbonyl (C=O) groups excluding carboxylic acids is 1. The van der Waals surface area contributed by atoms with Gasteiger partial charge in [0.05, 0.1) is 13.2 Å². The quantitative estimate of drug-likeness (QED) is 0.768. The number of rotatable bonds is 8. The van der Waals surface area contributed by atoms with Gasteiger partial charge in [0.1, 0.15) is 0 Å². The molecule has 1 aromatic rings. The number of anilines is 1. The van der Waals surface area contributed by atoms with Gasteiger partial charge in [-0.15, -0.1) is 0 Å². The van der Waals surface area contributed by atoms with E-state index in [0.29, 0.717) is 19.0 Å². The lowest BCUT2D eigenvalue weighted by Gasteiger charge is -2.20. The lowest BCUT2D eigenvalue weighted by atomic mass is 10.0. The van der Waals surface area contributed by atoms with Gasteiger partial charge in [0, 0.05) is 12.2 Å². The number of aliphatic hydroxyl groups excluding tert-OH is 1. The van der Waals surface area contributed by atoms with Crippen molar-refractivity contribution in [3.05, 3.63) is 29.8 Å². The van der Waals surface area contributed by atoms with Crippen LogP contribution in [0.2, 0.25) is 0 Å². The molecule has 1 amide bonds. The van der Waals surface area contributed by atoms with Crippen LogP contribution in [0, 0.1) is 0 Å². The largest absolute Gasteiger partial charge is 0.395 e. The molecule has 0 atom stereocenters. The zero-order valence-corrected chi connectivity index (χ0v) is 12.7. The Morgan fingerprint density at radius 3 is 2.70 bits per heavy atom. The molecular formula is C16H26N2O2. The van der Waals surface area contributed by atoms with Crippen molar-refractivity contribution in [1.82, 2.24) is 4.90 Å². The van der Waals surface area contributed by atoms with Crippen LogP contribution in [-0.4, -0.2) is 42.2 Å². The van der Waals surface area contributed by atoms with Crippen molar-refractivity contribution < 1.29 is 9.90 Å². The first-order valence-corrected chi connectivity index (χ1v) is 7.29. The summed E-state index contributed by atoms with van der Waals surface area (Å²) in [5.41, 5.74) is 2.05. The minimum absolute atomic E-state index is 0.0344. The third kappa shape index (κ3) is 5.72. The van der Waals surface area contributed by atoms with Gasteiger partial charge in [0.25, 0.3) is 0 Å². The van der Waals surface area contributed by atoms with Crippen molar-refractivity contribution in [2.24, 2.45) is 0 Å². The van der Waals surface area contributed by atoms with Crippen LogP contribution in [0.1, 0.15) is 38.7 Å². The molecule has 4 nitrogen and oxygen atoms in total. The zero-order valence-electron chi connectivity index (χ0n) is 12.7. The van der Waals surface area contributed by atoms with Gasteiger partial charge in [-0.1, -0.05) is 32.9 Å². The fourth-order valence-electron chi connectivity index (χ4n) is 2.11. The molecule has 0 aliphatic heterocycles. The maximum atomic E-state index is 12.0. The molecule has 0 fully saturated rings. The number of benzene rings is 1. The Bertz CT molecular complexity index is 413. The molecular weight excluding hydrogens is 252 g/mol. The summed E-state index contributed by atoms with van der Waals surface area (Å²) in [6.45, 7) is 8.08. The first-order chi connectivity index (χ1) is 9.56. The van der Waals surface area contributed by atoms with Gasteiger partial charge in [-0.3, -0.25) is 9.69 Å². The van der Waals surface area contributed by atoms with E-state index in [-0.39, 0.29) is 12.5 Å². The maximum absolute atomic E-state index is 12.0. The topological polar surface area (TPSA) is 52.6 Å². The molecule has 0 aliphatic carbocycles. The fraction of sp³-hybridized carbons (Fsp3) is 0.562. The van der Waals surface area contributed by atoms with Crippen molar-refractivity contribution in [2.45, 2.75) is 33.1 Å². The van der Waals surface area contributed by atoms with E-state index >= 15 is 0 Å². The van der Waals surface area contributed by atoms with E-state index in [1.54, 1.807) is 0 Å². The predicted molar refractivity (Wildman–Crippen MR) is 83.0 cm³/mol. The molecule has 2 N–H and O–H groups in total. The van der Waals surface area contributed by atoms with Gasteiger partial charge in [0.2, 0.25) is 5.91 Å². The summed E-state index contributed by atoms with van der Waals surface area (Å²) in [6.07, 6.45) is 0.968. The van der Waals surface area contributed by atoms with Crippen LogP contribution in [0.15, 0.2) is 24.3 Å². The average molecular weight is 278 g/mol. The van der Waals surface area contributed by atoms with Crippen LogP contribution >= 0.6 is 0 Å². The normalized spacial score (nSPS) is 11.1. The predicted octanol–water partition coefficient (Wildman–Crippen LogP) is 2.45. The van der Waals surface area contributed by atoms with Gasteiger partial charge in [-0.2, -0.15) is 0 Å². The summed E-state index contributed by atoms with van der Waals surface area (Å²) < 4.78 is 0. The van der Waals surface area contributed by atoms with E-state index in [1.165, 1.54) is 5.56 Å². The molecule has 20 heavy (non-hydrogen) atoms. The van der Waals surface area contributed by atoms with Crippen molar-refractivity contribution in [3.63, 3.8) is 0 Å². The highest BCUT2D eigenvalue weighted by atomic mass is 16.3. The van der Waals surface area contributed by atoms with Crippen LogP contribution in [-0.2, 0) is 4.79 Å². The van der Waals surface area contributed by atoms with Gasteiger partial charge >= 0.3 is 0 Å². The maximum Gasteiger partial charge on any atom is 0.238 e. The Morgan fingerprint density at radius 2 is 2.10 bits per heavy atom. The Morgan fingerprint density at radius 1 is 1.35 bits per heavy atom. The van der Waals surface area contributed by atoms with E-state index in [9.17, 15) is 4.79 Å². The number of amides is 1. The van der Waals surface area contributed by atoms with Gasteiger partial charge in [0.15, 0.2) is 0 Å². The third-order valence-electron chi connectivity index (χ3n) is 3.16. The Balaban J connectivity index is 2.58. The van der Waals surface area contributed by atoms with Gasteiger partial charge in [-0.25, -0.2) is 0 Å². The number of hydrogen-bond donors (Lipinski definition) is 2. The van der Waals surface area contributed by atoms with Crippen LogP contribution < -0.4 is 5.32 Å². The van der Waals surface area contributed by atoms with E-state index in [1.807, 2.05) is 23.1 Å². The molecule has 0 spiro atoms. The molecule has 0 aromatic heterocycles. The second-order valence-electron chi connectivity index (χ2n) is 5.33. The lowest BCUT2D eigenvalue weighted by Crippen LogP contribution is -2.35. The monoisotopic (exact) mass is 278 g/mol. The molecule has 0 saturated heterocycles. The SMILES string of the molecule is CCCN(CCO)CC(=O)Nc1cccc(C(C)C)c1. The Labute approximate surface area is 121 Å². The highest BCUT2D eigenvalue weighted by Crippen LogP contribution is 2.18. The van der Waals surface area contributed by atoms with E-state index in [0.717, 1.165) is 18.7 Å². The van der Waals surface area contributed by atoms with Crippen molar-refractivity contribution in [3.8, 4) is 0 Å². The molecule has 4 heteroatoms. The van der Waals surface area contributed by atoms with E-state index < -0.39 is 0 Å². The summed E-state index contributed by atoms with van der Waals surface area (Å²) in [7, 11) is 0. The average Bonchev–Trinajstić information content (AvgIpc) is 2.39. The first-order valence-electron chi connectivity index (χ1n) is 7.29. The van der Waals surface area contributed by atoms with Gasteiger partial charge < -0.3 is 10.4 Å². The molecule has 112 valence electrons. The first kappa shape index (κ1) is 16.7. The molecule has 0 heterocycles. The van der Waals surface area contributed by atoms with Crippen molar-refractivity contribution >= 4 is 11.6 Å². The standard InChI is InChI=1S/C16H26N2O2/c1-4-8-18(9-10-19)12-16(20)17-15-7-5-6-14(11-15)13(2)3/h5-7,11,13,19H,4,8-10,12H2,1-3H3,(H,17,20).